The first kappa shape index (κ1) is 20.7. The monoisotopic (exact) mass is 415 g/mol. The average molecular weight is 415 g/mol. The van der Waals surface area contributed by atoms with Gasteiger partial charge in [0.1, 0.15) is 0 Å². The van der Waals surface area contributed by atoms with Gasteiger partial charge in [-0.25, -0.2) is 8.42 Å². The first-order valence-corrected chi connectivity index (χ1v) is 11.0. The van der Waals surface area contributed by atoms with Gasteiger partial charge >= 0.3 is 5.97 Å². The van der Waals surface area contributed by atoms with Gasteiger partial charge in [0.05, 0.1) is 17.2 Å². The van der Waals surface area contributed by atoms with E-state index < -0.39 is 28.3 Å². The van der Waals surface area contributed by atoms with E-state index in [0.717, 1.165) is 0 Å². The third-order valence-electron chi connectivity index (χ3n) is 4.63. The number of rotatable bonds is 7. The Hall–Kier alpha value is -3.00. The molecule has 1 amide bonds. The van der Waals surface area contributed by atoms with E-state index in [1.165, 1.54) is 0 Å². The van der Waals surface area contributed by atoms with E-state index in [-0.39, 0.29) is 29.6 Å². The average Bonchev–Trinajstić information content (AvgIpc) is 3.05. The van der Waals surface area contributed by atoms with Crippen molar-refractivity contribution in [3.63, 3.8) is 0 Å². The maximum Gasteiger partial charge on any atom is 0.306 e. The van der Waals surface area contributed by atoms with E-state index in [4.69, 9.17) is 4.74 Å². The molecule has 1 atom stereocenters. The predicted molar refractivity (Wildman–Crippen MR) is 107 cm³/mol. The predicted octanol–water partition coefficient (Wildman–Crippen LogP) is 2.22. The first-order chi connectivity index (χ1) is 13.8. The number of anilines is 1. The Kier molecular flexibility index (Phi) is 6.43. The van der Waals surface area contributed by atoms with Gasteiger partial charge in [0.25, 0.3) is 5.91 Å². The lowest BCUT2D eigenvalue weighted by molar-refractivity contribution is -0.148. The molecule has 0 radical (unpaired) electrons. The molecule has 1 saturated heterocycles. The van der Waals surface area contributed by atoms with E-state index in [1.807, 2.05) is 0 Å². The highest BCUT2D eigenvalue weighted by atomic mass is 32.2. The maximum absolute atomic E-state index is 12.7. The molecule has 0 unspecified atom stereocenters. The molecular formula is C21H21NO6S. The highest BCUT2D eigenvalue weighted by Gasteiger charge is 2.30. The van der Waals surface area contributed by atoms with Crippen LogP contribution in [0.5, 0.6) is 0 Å². The smallest absolute Gasteiger partial charge is 0.306 e. The molecule has 152 valence electrons. The Morgan fingerprint density at radius 1 is 1.00 bits per heavy atom. The van der Waals surface area contributed by atoms with Gasteiger partial charge in [-0.2, -0.15) is 0 Å². The van der Waals surface area contributed by atoms with Gasteiger partial charge < -0.3 is 10.1 Å². The van der Waals surface area contributed by atoms with Crippen molar-refractivity contribution in [2.24, 2.45) is 5.92 Å². The SMILES string of the molecule is O=C(COC(=O)C[C@@H]1CCS(=O)(=O)C1)Nc1ccccc1C(=O)c1ccccc1. The summed E-state index contributed by atoms with van der Waals surface area (Å²) in [6.45, 7) is -0.508. The number of ether oxygens (including phenoxy) is 1. The lowest BCUT2D eigenvalue weighted by Gasteiger charge is -2.11. The summed E-state index contributed by atoms with van der Waals surface area (Å²) in [4.78, 5) is 36.7. The topological polar surface area (TPSA) is 107 Å². The molecule has 7 nitrogen and oxygen atoms in total. The molecular weight excluding hydrogens is 394 g/mol. The Morgan fingerprint density at radius 3 is 2.38 bits per heavy atom. The highest BCUT2D eigenvalue weighted by Crippen LogP contribution is 2.22. The van der Waals surface area contributed by atoms with Gasteiger partial charge in [0, 0.05) is 17.5 Å². The van der Waals surface area contributed by atoms with Crippen LogP contribution in [0.15, 0.2) is 54.6 Å². The zero-order valence-electron chi connectivity index (χ0n) is 15.7. The van der Waals surface area contributed by atoms with Crippen LogP contribution < -0.4 is 5.32 Å². The Labute approximate surface area is 169 Å². The van der Waals surface area contributed by atoms with Crippen LogP contribution in [0.2, 0.25) is 0 Å². The number of hydrogen-bond donors (Lipinski definition) is 1. The molecule has 3 rings (SSSR count). The van der Waals surface area contributed by atoms with E-state index in [0.29, 0.717) is 23.2 Å². The lowest BCUT2D eigenvalue weighted by atomic mass is 10.0. The molecule has 1 aliphatic rings. The molecule has 1 aliphatic heterocycles. The molecule has 1 fully saturated rings. The number of benzene rings is 2. The summed E-state index contributed by atoms with van der Waals surface area (Å²) in [7, 11) is -3.07. The van der Waals surface area contributed by atoms with Crippen molar-refractivity contribution in [3.8, 4) is 0 Å². The van der Waals surface area contributed by atoms with Crippen molar-refractivity contribution in [3.05, 3.63) is 65.7 Å². The van der Waals surface area contributed by atoms with Crippen molar-refractivity contribution in [2.75, 3.05) is 23.4 Å². The van der Waals surface area contributed by atoms with Crippen LogP contribution in [0.25, 0.3) is 0 Å². The summed E-state index contributed by atoms with van der Waals surface area (Å²) in [6.07, 6.45) is 0.397. The van der Waals surface area contributed by atoms with E-state index in [2.05, 4.69) is 5.32 Å². The third-order valence-corrected chi connectivity index (χ3v) is 6.47. The fourth-order valence-electron chi connectivity index (χ4n) is 3.20. The largest absolute Gasteiger partial charge is 0.456 e. The van der Waals surface area contributed by atoms with Crippen LogP contribution in [0.3, 0.4) is 0 Å². The minimum Gasteiger partial charge on any atom is -0.456 e. The van der Waals surface area contributed by atoms with Gasteiger partial charge in [-0.3, -0.25) is 14.4 Å². The highest BCUT2D eigenvalue weighted by molar-refractivity contribution is 7.91. The molecule has 0 bridgehead atoms. The standard InChI is InChI=1S/C21H21NO6S/c23-19(13-28-20(24)12-15-10-11-29(26,27)14-15)22-18-9-5-4-8-17(18)21(25)16-6-2-1-3-7-16/h1-9,15H,10-14H2,(H,22,23)/t15-/m0/s1. The molecule has 1 N–H and O–H groups in total. The van der Waals surface area contributed by atoms with Crippen LogP contribution in [0, 0.1) is 5.92 Å². The number of amides is 1. The third kappa shape index (κ3) is 5.74. The molecule has 0 aromatic heterocycles. The van der Waals surface area contributed by atoms with E-state index in [1.54, 1.807) is 54.6 Å². The number of ketones is 1. The number of carbonyl (C=O) groups is 3. The zero-order valence-corrected chi connectivity index (χ0v) is 16.5. The van der Waals surface area contributed by atoms with Crippen LogP contribution in [0.1, 0.15) is 28.8 Å². The number of para-hydroxylation sites is 1. The summed E-state index contributed by atoms with van der Waals surface area (Å²) >= 11 is 0. The number of esters is 1. The van der Waals surface area contributed by atoms with Crippen molar-refractivity contribution in [2.45, 2.75) is 12.8 Å². The van der Waals surface area contributed by atoms with Crippen LogP contribution >= 0.6 is 0 Å². The molecule has 0 spiro atoms. The van der Waals surface area contributed by atoms with Crippen LogP contribution in [-0.2, 0) is 24.2 Å². The van der Waals surface area contributed by atoms with Crippen molar-refractivity contribution >= 4 is 33.2 Å². The summed E-state index contributed by atoms with van der Waals surface area (Å²) in [6, 6.07) is 15.3. The van der Waals surface area contributed by atoms with Gasteiger partial charge in [-0.05, 0) is 24.5 Å². The first-order valence-electron chi connectivity index (χ1n) is 9.19. The summed E-state index contributed by atoms with van der Waals surface area (Å²) in [5.41, 5.74) is 1.14. The molecule has 1 heterocycles. The van der Waals surface area contributed by atoms with E-state index in [9.17, 15) is 22.8 Å². The summed E-state index contributed by atoms with van der Waals surface area (Å²) in [5, 5.41) is 2.59. The van der Waals surface area contributed by atoms with Gasteiger partial charge in [-0.1, -0.05) is 42.5 Å². The Morgan fingerprint density at radius 2 is 1.69 bits per heavy atom. The molecule has 2 aromatic carbocycles. The number of nitrogens with one attached hydrogen (secondary N) is 1. The second kappa shape index (κ2) is 9.00. The molecule has 2 aromatic rings. The molecule has 0 aliphatic carbocycles. The molecule has 0 saturated carbocycles. The quantitative estimate of drug-likeness (QED) is 0.549. The Balaban J connectivity index is 1.56. The summed E-state index contributed by atoms with van der Waals surface area (Å²) < 4.78 is 27.8. The minimum absolute atomic E-state index is 0.0245. The second-order valence-electron chi connectivity index (χ2n) is 6.92. The van der Waals surface area contributed by atoms with Gasteiger partial charge in [-0.15, -0.1) is 0 Å². The lowest BCUT2D eigenvalue weighted by Crippen LogP contribution is -2.23. The molecule has 29 heavy (non-hydrogen) atoms. The van der Waals surface area contributed by atoms with Gasteiger partial charge in [0.15, 0.2) is 22.2 Å². The fourth-order valence-corrected chi connectivity index (χ4v) is 5.06. The zero-order chi connectivity index (χ0) is 20.9. The number of carbonyl (C=O) groups excluding carboxylic acids is 3. The van der Waals surface area contributed by atoms with Crippen LogP contribution in [0.4, 0.5) is 5.69 Å². The van der Waals surface area contributed by atoms with Crippen LogP contribution in [-0.4, -0.2) is 44.2 Å². The summed E-state index contributed by atoms with van der Waals surface area (Å²) in [5.74, 6) is -1.64. The minimum atomic E-state index is -3.07. The fraction of sp³-hybridized carbons (Fsp3) is 0.286. The number of sulfone groups is 1. The second-order valence-corrected chi connectivity index (χ2v) is 9.15. The van der Waals surface area contributed by atoms with Crippen molar-refractivity contribution in [1.29, 1.82) is 0 Å². The van der Waals surface area contributed by atoms with Gasteiger partial charge in [0.2, 0.25) is 0 Å². The Bertz CT molecular complexity index is 1020. The van der Waals surface area contributed by atoms with Crippen molar-refractivity contribution in [1.82, 2.24) is 0 Å². The van der Waals surface area contributed by atoms with E-state index >= 15 is 0 Å². The molecule has 8 heteroatoms. The number of hydrogen-bond acceptors (Lipinski definition) is 6. The normalized spacial score (nSPS) is 17.4. The maximum atomic E-state index is 12.7. The van der Waals surface area contributed by atoms with Crippen molar-refractivity contribution < 1.29 is 27.5 Å².